The van der Waals surface area contributed by atoms with Crippen LogP contribution in [-0.2, 0) is 28.6 Å². The predicted molar refractivity (Wildman–Crippen MR) is 326 cm³/mol. The van der Waals surface area contributed by atoms with E-state index in [2.05, 4.69) is 20.8 Å². The maximum atomic E-state index is 12.9. The van der Waals surface area contributed by atoms with Crippen molar-refractivity contribution in [2.75, 3.05) is 13.2 Å². The van der Waals surface area contributed by atoms with Crippen molar-refractivity contribution in [1.29, 1.82) is 0 Å². The molecule has 0 amide bonds. The van der Waals surface area contributed by atoms with Gasteiger partial charge >= 0.3 is 17.9 Å². The van der Waals surface area contributed by atoms with Gasteiger partial charge in [0.15, 0.2) is 6.10 Å². The van der Waals surface area contributed by atoms with Crippen molar-refractivity contribution in [3.05, 3.63) is 0 Å². The van der Waals surface area contributed by atoms with Crippen LogP contribution >= 0.6 is 0 Å². The summed E-state index contributed by atoms with van der Waals surface area (Å²) in [5.41, 5.74) is 0. The Morgan fingerprint density at radius 1 is 0.213 bits per heavy atom. The summed E-state index contributed by atoms with van der Waals surface area (Å²) >= 11 is 0. The minimum absolute atomic E-state index is 0.0605. The van der Waals surface area contributed by atoms with Gasteiger partial charge in [0.1, 0.15) is 13.2 Å². The largest absolute Gasteiger partial charge is 0.462 e. The quantitative estimate of drug-likeness (QED) is 0.0343. The van der Waals surface area contributed by atoms with Gasteiger partial charge in [-0.3, -0.25) is 14.4 Å². The molecule has 1 atom stereocenters. The fourth-order valence-electron chi connectivity index (χ4n) is 10.9. The lowest BCUT2D eigenvalue weighted by atomic mass is 10.0. The summed E-state index contributed by atoms with van der Waals surface area (Å²) in [6.07, 6.45) is 75.7. The van der Waals surface area contributed by atoms with Crippen molar-refractivity contribution < 1.29 is 28.6 Å². The van der Waals surface area contributed by atoms with Crippen molar-refractivity contribution in [3.63, 3.8) is 0 Å². The van der Waals surface area contributed by atoms with E-state index in [1.54, 1.807) is 0 Å². The van der Waals surface area contributed by atoms with Gasteiger partial charge in [0, 0.05) is 19.3 Å². The molecule has 0 aliphatic rings. The molecule has 0 aromatic heterocycles. The Labute approximate surface area is 469 Å². The van der Waals surface area contributed by atoms with Crippen LogP contribution in [0.25, 0.3) is 0 Å². The summed E-state index contributed by atoms with van der Waals surface area (Å²) in [6.45, 7) is 6.73. The van der Waals surface area contributed by atoms with Crippen molar-refractivity contribution in [2.24, 2.45) is 0 Å². The summed E-state index contributed by atoms with van der Waals surface area (Å²) in [4.78, 5) is 38.3. The highest BCUT2D eigenvalue weighted by atomic mass is 16.6. The maximum Gasteiger partial charge on any atom is 0.306 e. The van der Waals surface area contributed by atoms with Crippen molar-refractivity contribution >= 4 is 17.9 Å². The first-order valence-corrected chi connectivity index (χ1v) is 34.5. The van der Waals surface area contributed by atoms with Crippen LogP contribution in [0.4, 0.5) is 0 Å². The van der Waals surface area contributed by atoms with Gasteiger partial charge in [-0.2, -0.15) is 0 Å². The third-order valence-electron chi connectivity index (χ3n) is 16.1. The lowest BCUT2D eigenvalue weighted by molar-refractivity contribution is -0.167. The molecular weight excluding hydrogens is 925 g/mol. The first-order valence-electron chi connectivity index (χ1n) is 34.5. The summed E-state index contributed by atoms with van der Waals surface area (Å²) in [6, 6.07) is 0. The van der Waals surface area contributed by atoms with Crippen LogP contribution in [0.3, 0.4) is 0 Å². The molecule has 0 radical (unpaired) electrons. The molecule has 6 nitrogen and oxygen atoms in total. The van der Waals surface area contributed by atoms with E-state index in [9.17, 15) is 14.4 Å². The van der Waals surface area contributed by atoms with Crippen LogP contribution in [0.5, 0.6) is 0 Å². The SMILES string of the molecule is CCCCCCCCCCCCCCCCCCCCCCCCCCCCCCCC(=O)OCC(COC(=O)CCCCCCCCCCCCCCC)OC(=O)CCCCCCCCCCCCCCCCC. The van der Waals surface area contributed by atoms with Gasteiger partial charge < -0.3 is 14.2 Å². The third-order valence-corrected chi connectivity index (χ3v) is 16.1. The van der Waals surface area contributed by atoms with Gasteiger partial charge in [-0.25, -0.2) is 0 Å². The number of esters is 3. The number of carbonyl (C=O) groups excluding carboxylic acids is 3. The van der Waals surface area contributed by atoms with E-state index < -0.39 is 6.10 Å². The summed E-state index contributed by atoms with van der Waals surface area (Å²) < 4.78 is 17.0. The molecule has 0 spiro atoms. The fourth-order valence-corrected chi connectivity index (χ4v) is 10.9. The highest BCUT2D eigenvalue weighted by Crippen LogP contribution is 2.19. The first kappa shape index (κ1) is 73.4. The lowest BCUT2D eigenvalue weighted by Crippen LogP contribution is -2.30. The molecule has 446 valence electrons. The second-order valence-electron chi connectivity index (χ2n) is 23.8. The van der Waals surface area contributed by atoms with Crippen LogP contribution in [0.1, 0.15) is 406 Å². The molecule has 0 heterocycles. The molecule has 0 N–H and O–H groups in total. The molecule has 1 unspecified atom stereocenters. The second kappa shape index (κ2) is 64.9. The molecular formula is C69H134O6. The van der Waals surface area contributed by atoms with Crippen LogP contribution in [0, 0.1) is 0 Å². The third kappa shape index (κ3) is 63.1. The molecule has 0 aliphatic heterocycles. The Morgan fingerprint density at radius 2 is 0.360 bits per heavy atom. The molecule has 0 rings (SSSR count). The molecule has 0 saturated heterocycles. The van der Waals surface area contributed by atoms with E-state index in [-0.39, 0.29) is 31.1 Å². The molecule has 6 heteroatoms. The molecule has 0 fully saturated rings. The van der Waals surface area contributed by atoms with Crippen LogP contribution in [0.15, 0.2) is 0 Å². The number of rotatable bonds is 65. The van der Waals surface area contributed by atoms with Crippen molar-refractivity contribution in [1.82, 2.24) is 0 Å². The van der Waals surface area contributed by atoms with E-state index in [0.29, 0.717) is 19.3 Å². The van der Waals surface area contributed by atoms with E-state index in [1.807, 2.05) is 0 Å². The average Bonchev–Trinajstić information content (AvgIpc) is 3.41. The van der Waals surface area contributed by atoms with Gasteiger partial charge in [-0.05, 0) is 19.3 Å². The Kier molecular flexibility index (Phi) is 63.6. The van der Waals surface area contributed by atoms with Gasteiger partial charge in [0.25, 0.3) is 0 Å². The second-order valence-corrected chi connectivity index (χ2v) is 23.8. The molecule has 75 heavy (non-hydrogen) atoms. The highest BCUT2D eigenvalue weighted by molar-refractivity contribution is 5.71. The zero-order valence-electron chi connectivity index (χ0n) is 51.4. The summed E-state index contributed by atoms with van der Waals surface area (Å²) in [5.74, 6) is -0.824. The molecule has 0 aromatic carbocycles. The number of carbonyl (C=O) groups is 3. The molecule has 0 bridgehead atoms. The van der Waals surface area contributed by atoms with E-state index in [1.165, 1.54) is 308 Å². The topological polar surface area (TPSA) is 78.9 Å². The molecule has 0 saturated carbocycles. The number of ether oxygens (including phenoxy) is 3. The van der Waals surface area contributed by atoms with Crippen molar-refractivity contribution in [3.8, 4) is 0 Å². The summed E-state index contributed by atoms with van der Waals surface area (Å²) in [5, 5.41) is 0. The molecule has 0 aliphatic carbocycles. The van der Waals surface area contributed by atoms with E-state index in [4.69, 9.17) is 14.2 Å². The van der Waals surface area contributed by atoms with E-state index >= 15 is 0 Å². The Bertz CT molecular complexity index is 1120. The zero-order valence-corrected chi connectivity index (χ0v) is 51.4. The van der Waals surface area contributed by atoms with Crippen LogP contribution < -0.4 is 0 Å². The zero-order chi connectivity index (χ0) is 54.3. The van der Waals surface area contributed by atoms with Gasteiger partial charge in [0.05, 0.1) is 0 Å². The van der Waals surface area contributed by atoms with Gasteiger partial charge in [0.2, 0.25) is 0 Å². The minimum Gasteiger partial charge on any atom is -0.462 e. The maximum absolute atomic E-state index is 12.9. The molecule has 0 aromatic rings. The Morgan fingerprint density at radius 3 is 0.533 bits per heavy atom. The van der Waals surface area contributed by atoms with Gasteiger partial charge in [-0.15, -0.1) is 0 Å². The van der Waals surface area contributed by atoms with Crippen LogP contribution in [0.2, 0.25) is 0 Å². The number of unbranched alkanes of at least 4 members (excludes halogenated alkanes) is 54. The Hall–Kier alpha value is -1.59. The number of hydrogen-bond donors (Lipinski definition) is 0. The lowest BCUT2D eigenvalue weighted by Gasteiger charge is -2.18. The highest BCUT2D eigenvalue weighted by Gasteiger charge is 2.19. The van der Waals surface area contributed by atoms with E-state index in [0.717, 1.165) is 57.8 Å². The predicted octanol–water partition coefficient (Wildman–Crippen LogP) is 23.5. The van der Waals surface area contributed by atoms with Gasteiger partial charge in [-0.1, -0.05) is 367 Å². The minimum atomic E-state index is -0.762. The smallest absolute Gasteiger partial charge is 0.306 e. The van der Waals surface area contributed by atoms with Crippen molar-refractivity contribution in [2.45, 2.75) is 412 Å². The fraction of sp³-hybridized carbons (Fsp3) is 0.957. The Balaban J connectivity index is 4.10. The normalized spacial score (nSPS) is 11.9. The standard InChI is InChI=1S/C69H134O6/c1-4-7-10-13-16-19-22-25-27-28-29-30-31-32-33-34-35-36-37-38-39-40-42-44-47-50-53-56-59-62-68(71)74-65-66(64-73-67(70)61-58-55-52-49-46-43-24-21-18-15-12-9-6-3)75-69(72)63-60-57-54-51-48-45-41-26-23-20-17-14-11-8-5-2/h66H,4-65H2,1-3H3. The first-order chi connectivity index (χ1) is 37.0. The monoisotopic (exact) mass is 1060 g/mol. The summed E-state index contributed by atoms with van der Waals surface area (Å²) in [7, 11) is 0. The van der Waals surface area contributed by atoms with Crippen LogP contribution in [-0.4, -0.2) is 37.2 Å². The average molecular weight is 1060 g/mol. The number of hydrogen-bond acceptors (Lipinski definition) is 6.